The Balaban J connectivity index is 3.27. The molecule has 2 nitrogen and oxygen atoms in total. The van der Waals surface area contributed by atoms with Gasteiger partial charge in [0.25, 0.3) is 0 Å². The van der Waals surface area contributed by atoms with Crippen molar-refractivity contribution in [3.8, 4) is 0 Å². The highest BCUT2D eigenvalue weighted by atomic mass is 16.2. The van der Waals surface area contributed by atoms with Gasteiger partial charge in [-0.3, -0.25) is 4.79 Å². The van der Waals surface area contributed by atoms with Crippen LogP contribution in [0.5, 0.6) is 0 Å². The molecule has 0 aliphatic heterocycles. The monoisotopic (exact) mass is 211 g/mol. The number of unbranched alkanes of at least 4 members (excludes halogenated alkanes) is 6. The van der Waals surface area contributed by atoms with Gasteiger partial charge in [-0.2, -0.15) is 0 Å². The van der Waals surface area contributed by atoms with Crippen LogP contribution in [-0.2, 0) is 4.79 Å². The molecule has 0 heterocycles. The Morgan fingerprint density at radius 1 is 1.07 bits per heavy atom. The van der Waals surface area contributed by atoms with E-state index in [2.05, 4.69) is 6.92 Å². The van der Waals surface area contributed by atoms with Crippen molar-refractivity contribution >= 4 is 5.91 Å². The van der Waals surface area contributed by atoms with Crippen LogP contribution < -0.4 is 0 Å². The minimum absolute atomic E-state index is 0.0842. The van der Waals surface area contributed by atoms with E-state index in [-0.39, 0.29) is 5.91 Å². The number of amides is 1. The number of carbonyl (C=O) groups excluding carboxylic acids is 1. The maximum atomic E-state index is 11.2. The molecule has 15 heavy (non-hydrogen) atoms. The molecule has 0 aliphatic rings. The Morgan fingerprint density at radius 2 is 1.67 bits per heavy atom. The number of carbonyl (C=O) groups is 1. The lowest BCUT2D eigenvalue weighted by molar-refractivity contribution is -0.123. The van der Waals surface area contributed by atoms with E-state index in [4.69, 9.17) is 0 Å². The van der Waals surface area contributed by atoms with E-state index in [0.29, 0.717) is 0 Å². The zero-order valence-electron chi connectivity index (χ0n) is 10.5. The summed E-state index contributed by atoms with van der Waals surface area (Å²) >= 11 is 0. The highest BCUT2D eigenvalue weighted by molar-refractivity contribution is 5.86. The summed E-state index contributed by atoms with van der Waals surface area (Å²) in [4.78, 5) is 12.8. The zero-order chi connectivity index (χ0) is 11.5. The van der Waals surface area contributed by atoms with Crippen LogP contribution in [0.2, 0.25) is 0 Å². The van der Waals surface area contributed by atoms with Gasteiger partial charge in [0.1, 0.15) is 0 Å². The number of hydrogen-bond donors (Lipinski definition) is 0. The van der Waals surface area contributed by atoms with Crippen LogP contribution in [0.1, 0.15) is 51.9 Å². The van der Waals surface area contributed by atoms with E-state index < -0.39 is 0 Å². The molecule has 2 heteroatoms. The molecule has 0 aromatic heterocycles. The molecule has 0 saturated carbocycles. The summed E-state index contributed by atoms with van der Waals surface area (Å²) in [6.45, 7) is 2.23. The third-order valence-corrected chi connectivity index (χ3v) is 2.43. The van der Waals surface area contributed by atoms with Crippen molar-refractivity contribution in [3.63, 3.8) is 0 Å². The van der Waals surface area contributed by atoms with Gasteiger partial charge in [-0.25, -0.2) is 0 Å². The second-order valence-corrected chi connectivity index (χ2v) is 4.19. The maximum absolute atomic E-state index is 11.2. The number of rotatable bonds is 8. The molecule has 0 fully saturated rings. The van der Waals surface area contributed by atoms with E-state index >= 15 is 0 Å². The highest BCUT2D eigenvalue weighted by Crippen LogP contribution is 2.07. The fourth-order valence-electron chi connectivity index (χ4n) is 1.38. The lowest BCUT2D eigenvalue weighted by Gasteiger charge is -2.04. The number of allylic oxidation sites excluding steroid dienone is 1. The molecule has 0 atom stereocenters. The molecule has 0 radical (unpaired) electrons. The summed E-state index contributed by atoms with van der Waals surface area (Å²) in [6.07, 6.45) is 12.5. The second kappa shape index (κ2) is 9.75. The highest BCUT2D eigenvalue weighted by Gasteiger charge is 1.95. The summed E-state index contributed by atoms with van der Waals surface area (Å²) in [5.74, 6) is 0.0842. The van der Waals surface area contributed by atoms with Gasteiger partial charge in [-0.1, -0.05) is 45.1 Å². The van der Waals surface area contributed by atoms with Crippen LogP contribution in [0.15, 0.2) is 12.2 Å². The second-order valence-electron chi connectivity index (χ2n) is 4.19. The normalized spacial score (nSPS) is 10.9. The molecule has 88 valence electrons. The van der Waals surface area contributed by atoms with Crippen LogP contribution in [0.4, 0.5) is 0 Å². The lowest BCUT2D eigenvalue weighted by atomic mass is 10.1. The Labute approximate surface area is 94.4 Å². The minimum Gasteiger partial charge on any atom is -0.345 e. The van der Waals surface area contributed by atoms with Gasteiger partial charge in [-0.15, -0.1) is 0 Å². The van der Waals surface area contributed by atoms with E-state index in [9.17, 15) is 4.79 Å². The summed E-state index contributed by atoms with van der Waals surface area (Å²) in [5, 5.41) is 0. The standard InChI is InChI=1S/C13H25NO/c1-4-5-6-7-8-9-10-11-12-13(15)14(2)3/h11-12H,4-10H2,1-3H3/b12-11+. The predicted molar refractivity (Wildman–Crippen MR) is 65.8 cm³/mol. The van der Waals surface area contributed by atoms with E-state index in [1.807, 2.05) is 6.08 Å². The first-order valence-corrected chi connectivity index (χ1v) is 6.06. The quantitative estimate of drug-likeness (QED) is 0.445. The van der Waals surface area contributed by atoms with Gasteiger partial charge in [-0.05, 0) is 18.9 Å². The van der Waals surface area contributed by atoms with E-state index in [1.165, 1.54) is 38.5 Å². The maximum Gasteiger partial charge on any atom is 0.245 e. The van der Waals surface area contributed by atoms with Crippen LogP contribution in [0, 0.1) is 0 Å². The van der Waals surface area contributed by atoms with Crippen molar-refractivity contribution in [2.24, 2.45) is 0 Å². The Bertz CT molecular complexity index is 185. The van der Waals surface area contributed by atoms with Gasteiger partial charge in [0.05, 0.1) is 0 Å². The Hall–Kier alpha value is -0.790. The van der Waals surface area contributed by atoms with Gasteiger partial charge in [0.15, 0.2) is 0 Å². The first-order valence-electron chi connectivity index (χ1n) is 6.06. The summed E-state index contributed by atoms with van der Waals surface area (Å²) < 4.78 is 0. The molecule has 0 unspecified atom stereocenters. The summed E-state index contributed by atoms with van der Waals surface area (Å²) in [7, 11) is 3.55. The van der Waals surface area contributed by atoms with Crippen LogP contribution in [0.3, 0.4) is 0 Å². The lowest BCUT2D eigenvalue weighted by Crippen LogP contribution is -2.18. The summed E-state index contributed by atoms with van der Waals surface area (Å²) in [6, 6.07) is 0. The van der Waals surface area contributed by atoms with Crippen molar-refractivity contribution in [2.75, 3.05) is 14.1 Å². The Kier molecular flexibility index (Phi) is 9.24. The predicted octanol–water partition coefficient (Wildman–Crippen LogP) is 3.38. The SMILES string of the molecule is CCCCCCCC/C=C/C(=O)N(C)C. The van der Waals surface area contributed by atoms with Crippen molar-refractivity contribution < 1.29 is 4.79 Å². The van der Waals surface area contributed by atoms with Gasteiger partial charge < -0.3 is 4.90 Å². The molecular formula is C13H25NO. The Morgan fingerprint density at radius 3 is 2.27 bits per heavy atom. The van der Waals surface area contributed by atoms with Crippen molar-refractivity contribution in [1.29, 1.82) is 0 Å². The van der Waals surface area contributed by atoms with Gasteiger partial charge >= 0.3 is 0 Å². The van der Waals surface area contributed by atoms with Crippen molar-refractivity contribution in [1.82, 2.24) is 4.90 Å². The molecule has 0 N–H and O–H groups in total. The third-order valence-electron chi connectivity index (χ3n) is 2.43. The largest absolute Gasteiger partial charge is 0.345 e. The fourth-order valence-corrected chi connectivity index (χ4v) is 1.38. The van der Waals surface area contributed by atoms with Crippen molar-refractivity contribution in [3.05, 3.63) is 12.2 Å². The first-order chi connectivity index (χ1) is 7.18. The fraction of sp³-hybridized carbons (Fsp3) is 0.769. The summed E-state index contributed by atoms with van der Waals surface area (Å²) in [5.41, 5.74) is 0. The van der Waals surface area contributed by atoms with Gasteiger partial charge in [0.2, 0.25) is 5.91 Å². The van der Waals surface area contributed by atoms with Crippen LogP contribution in [-0.4, -0.2) is 24.9 Å². The number of nitrogens with zero attached hydrogens (tertiary/aromatic N) is 1. The smallest absolute Gasteiger partial charge is 0.245 e. The molecular weight excluding hydrogens is 186 g/mol. The molecule has 0 spiro atoms. The molecule has 0 aliphatic carbocycles. The topological polar surface area (TPSA) is 20.3 Å². The van der Waals surface area contributed by atoms with Crippen LogP contribution >= 0.6 is 0 Å². The first kappa shape index (κ1) is 14.2. The molecule has 0 bridgehead atoms. The molecule has 0 rings (SSSR count). The van der Waals surface area contributed by atoms with Crippen molar-refractivity contribution in [2.45, 2.75) is 51.9 Å². The average Bonchev–Trinajstić information content (AvgIpc) is 2.21. The molecule has 0 aromatic carbocycles. The van der Waals surface area contributed by atoms with E-state index in [0.717, 1.165) is 6.42 Å². The number of hydrogen-bond acceptors (Lipinski definition) is 1. The minimum atomic E-state index is 0.0842. The molecule has 0 aromatic rings. The number of likely N-dealkylation sites (N-methyl/N-ethyl adjacent to an activating group) is 1. The van der Waals surface area contributed by atoms with E-state index in [1.54, 1.807) is 25.1 Å². The van der Waals surface area contributed by atoms with Crippen LogP contribution in [0.25, 0.3) is 0 Å². The molecule has 0 saturated heterocycles. The third kappa shape index (κ3) is 9.51. The average molecular weight is 211 g/mol. The zero-order valence-corrected chi connectivity index (χ0v) is 10.5. The van der Waals surface area contributed by atoms with Gasteiger partial charge in [0, 0.05) is 14.1 Å². The molecule has 1 amide bonds.